The van der Waals surface area contributed by atoms with Crippen LogP contribution in [0.2, 0.25) is 0 Å². The third-order valence-electron chi connectivity index (χ3n) is 3.34. The van der Waals surface area contributed by atoms with Crippen LogP contribution in [0.15, 0.2) is 0 Å². The van der Waals surface area contributed by atoms with Crippen LogP contribution < -0.4 is 5.32 Å². The van der Waals surface area contributed by atoms with E-state index in [0.29, 0.717) is 12.3 Å². The van der Waals surface area contributed by atoms with E-state index < -0.39 is 29.8 Å². The fraction of sp³-hybridized carbons (Fsp3) is 0.857. The van der Waals surface area contributed by atoms with E-state index >= 15 is 0 Å². The molecule has 2 N–H and O–H groups in total. The van der Waals surface area contributed by atoms with Gasteiger partial charge in [0.05, 0.1) is 13.2 Å². The summed E-state index contributed by atoms with van der Waals surface area (Å²) in [6, 6.07) is -0.678. The molecular formula is C14H25NO5. The second-order valence-corrected chi connectivity index (χ2v) is 6.25. The van der Waals surface area contributed by atoms with E-state index in [4.69, 9.17) is 4.74 Å². The third kappa shape index (κ3) is 5.36. The van der Waals surface area contributed by atoms with Gasteiger partial charge in [-0.3, -0.25) is 0 Å². The smallest absolute Gasteiger partial charge is 0.407 e. The maximum Gasteiger partial charge on any atom is 0.407 e. The highest BCUT2D eigenvalue weighted by Gasteiger charge is 2.33. The SMILES string of the molecule is COC(=O)C(O)[C@@H](CC1CCC1)NC(=O)OC(C)(C)C. The molecule has 0 bridgehead atoms. The minimum Gasteiger partial charge on any atom is -0.467 e. The second-order valence-electron chi connectivity index (χ2n) is 6.25. The maximum atomic E-state index is 11.8. The van der Waals surface area contributed by atoms with Crippen molar-refractivity contribution in [3.05, 3.63) is 0 Å². The van der Waals surface area contributed by atoms with Gasteiger partial charge in [0.25, 0.3) is 0 Å². The number of nitrogens with one attached hydrogen (secondary N) is 1. The number of carbonyl (C=O) groups is 2. The van der Waals surface area contributed by atoms with Crippen LogP contribution in [0.3, 0.4) is 0 Å². The first-order chi connectivity index (χ1) is 9.23. The Kier molecular flexibility index (Phi) is 5.80. The van der Waals surface area contributed by atoms with E-state index in [2.05, 4.69) is 10.1 Å². The Morgan fingerprint density at radius 3 is 2.35 bits per heavy atom. The number of ether oxygens (including phenoxy) is 2. The first-order valence-corrected chi connectivity index (χ1v) is 6.98. The zero-order chi connectivity index (χ0) is 15.3. The van der Waals surface area contributed by atoms with Crippen LogP contribution in [0.4, 0.5) is 4.79 Å². The lowest BCUT2D eigenvalue weighted by atomic mass is 9.80. The molecule has 1 aliphatic rings. The lowest BCUT2D eigenvalue weighted by molar-refractivity contribution is -0.152. The number of hydrogen-bond donors (Lipinski definition) is 2. The maximum absolute atomic E-state index is 11.8. The van der Waals surface area contributed by atoms with Gasteiger partial charge in [-0.1, -0.05) is 19.3 Å². The molecule has 1 unspecified atom stereocenters. The lowest BCUT2D eigenvalue weighted by Crippen LogP contribution is -2.50. The van der Waals surface area contributed by atoms with Gasteiger partial charge in [-0.05, 0) is 33.1 Å². The van der Waals surface area contributed by atoms with Crippen molar-refractivity contribution in [2.75, 3.05) is 7.11 Å². The number of esters is 1. The Morgan fingerprint density at radius 2 is 1.95 bits per heavy atom. The number of aliphatic hydroxyl groups is 1. The fourth-order valence-corrected chi connectivity index (χ4v) is 2.10. The van der Waals surface area contributed by atoms with Crippen molar-refractivity contribution in [2.45, 2.75) is 64.2 Å². The first-order valence-electron chi connectivity index (χ1n) is 6.98. The summed E-state index contributed by atoms with van der Waals surface area (Å²) >= 11 is 0. The number of hydrogen-bond acceptors (Lipinski definition) is 5. The van der Waals surface area contributed by atoms with Gasteiger partial charge in [0.15, 0.2) is 6.10 Å². The van der Waals surface area contributed by atoms with Crippen LogP contribution in [0.25, 0.3) is 0 Å². The zero-order valence-electron chi connectivity index (χ0n) is 12.6. The molecule has 0 aliphatic heterocycles. The van der Waals surface area contributed by atoms with Crippen molar-refractivity contribution in [2.24, 2.45) is 5.92 Å². The monoisotopic (exact) mass is 287 g/mol. The summed E-state index contributed by atoms with van der Waals surface area (Å²) in [5, 5.41) is 12.5. The highest BCUT2D eigenvalue weighted by molar-refractivity contribution is 5.76. The molecule has 116 valence electrons. The summed E-state index contributed by atoms with van der Waals surface area (Å²) in [5.41, 5.74) is -0.624. The van der Waals surface area contributed by atoms with Crippen LogP contribution in [0.5, 0.6) is 0 Å². The molecule has 0 saturated heterocycles. The minimum absolute atomic E-state index is 0.425. The summed E-state index contributed by atoms with van der Waals surface area (Å²) in [6.45, 7) is 5.26. The number of methoxy groups -OCH3 is 1. The van der Waals surface area contributed by atoms with E-state index in [9.17, 15) is 14.7 Å². The van der Waals surface area contributed by atoms with Crippen LogP contribution in [-0.4, -0.2) is 42.0 Å². The van der Waals surface area contributed by atoms with E-state index in [1.54, 1.807) is 20.8 Å². The Balaban J connectivity index is 2.61. The molecule has 0 heterocycles. The van der Waals surface area contributed by atoms with Crippen molar-refractivity contribution < 1.29 is 24.2 Å². The molecule has 1 amide bonds. The topological polar surface area (TPSA) is 84.9 Å². The van der Waals surface area contributed by atoms with Crippen molar-refractivity contribution >= 4 is 12.1 Å². The predicted octanol–water partition coefficient (Wildman–Crippen LogP) is 1.60. The highest BCUT2D eigenvalue weighted by Crippen LogP contribution is 2.31. The van der Waals surface area contributed by atoms with Crippen LogP contribution in [-0.2, 0) is 14.3 Å². The molecule has 0 aromatic rings. The van der Waals surface area contributed by atoms with E-state index in [1.165, 1.54) is 7.11 Å². The molecule has 1 aliphatic carbocycles. The molecule has 0 aromatic heterocycles. The molecule has 2 atom stereocenters. The van der Waals surface area contributed by atoms with Crippen LogP contribution >= 0.6 is 0 Å². The highest BCUT2D eigenvalue weighted by atomic mass is 16.6. The third-order valence-corrected chi connectivity index (χ3v) is 3.34. The van der Waals surface area contributed by atoms with Gasteiger partial charge in [0, 0.05) is 0 Å². The van der Waals surface area contributed by atoms with E-state index in [1.807, 2.05) is 0 Å². The summed E-state index contributed by atoms with van der Waals surface area (Å²) in [4.78, 5) is 23.2. The molecule has 0 spiro atoms. The average molecular weight is 287 g/mol. The Hall–Kier alpha value is -1.30. The van der Waals surface area contributed by atoms with Gasteiger partial charge < -0.3 is 19.9 Å². The number of aliphatic hydroxyl groups excluding tert-OH is 1. The predicted molar refractivity (Wildman–Crippen MR) is 73.1 cm³/mol. The zero-order valence-corrected chi connectivity index (χ0v) is 12.6. The van der Waals surface area contributed by atoms with Crippen molar-refractivity contribution in [3.8, 4) is 0 Å². The quantitative estimate of drug-likeness (QED) is 0.750. The number of carbonyl (C=O) groups excluding carboxylic acids is 2. The molecule has 20 heavy (non-hydrogen) atoms. The van der Waals surface area contributed by atoms with Gasteiger partial charge in [0.1, 0.15) is 5.60 Å². The normalized spacial score (nSPS) is 18.6. The molecule has 6 nitrogen and oxygen atoms in total. The van der Waals surface area contributed by atoms with Gasteiger partial charge in [-0.15, -0.1) is 0 Å². The number of alkyl carbamates (subject to hydrolysis) is 1. The second kappa shape index (κ2) is 6.92. The van der Waals surface area contributed by atoms with Crippen molar-refractivity contribution in [3.63, 3.8) is 0 Å². The number of rotatable bonds is 5. The molecular weight excluding hydrogens is 262 g/mol. The molecule has 1 rings (SSSR count). The molecule has 6 heteroatoms. The summed E-state index contributed by atoms with van der Waals surface area (Å²) < 4.78 is 9.68. The van der Waals surface area contributed by atoms with Gasteiger partial charge in [0.2, 0.25) is 0 Å². The summed E-state index contributed by atoms with van der Waals surface area (Å²) in [6.07, 6.45) is 1.81. The van der Waals surface area contributed by atoms with Crippen LogP contribution in [0.1, 0.15) is 46.5 Å². The first kappa shape index (κ1) is 16.8. The van der Waals surface area contributed by atoms with Gasteiger partial charge in [-0.25, -0.2) is 9.59 Å². The van der Waals surface area contributed by atoms with E-state index in [0.717, 1.165) is 19.3 Å². The molecule has 0 radical (unpaired) electrons. The Labute approximate surface area is 119 Å². The minimum atomic E-state index is -1.37. The van der Waals surface area contributed by atoms with E-state index in [-0.39, 0.29) is 0 Å². The number of amides is 1. The van der Waals surface area contributed by atoms with Crippen molar-refractivity contribution in [1.29, 1.82) is 0 Å². The van der Waals surface area contributed by atoms with Crippen molar-refractivity contribution in [1.82, 2.24) is 5.32 Å². The summed E-state index contributed by atoms with van der Waals surface area (Å²) in [5.74, 6) is -0.320. The molecule has 1 fully saturated rings. The largest absolute Gasteiger partial charge is 0.467 e. The van der Waals surface area contributed by atoms with Gasteiger partial charge in [-0.2, -0.15) is 0 Å². The summed E-state index contributed by atoms with van der Waals surface area (Å²) in [7, 11) is 1.21. The molecule has 0 aromatic carbocycles. The Bertz CT molecular complexity index is 346. The standard InChI is InChI=1S/C14H25NO5/c1-14(2,3)20-13(18)15-10(8-9-6-5-7-9)11(16)12(17)19-4/h9-11,16H,5-8H2,1-4H3,(H,15,18)/t10-,11?/m1/s1. The average Bonchev–Trinajstić information content (AvgIpc) is 2.27. The lowest BCUT2D eigenvalue weighted by Gasteiger charge is -2.32. The fourth-order valence-electron chi connectivity index (χ4n) is 2.10. The van der Waals surface area contributed by atoms with Crippen LogP contribution in [0, 0.1) is 5.92 Å². The Morgan fingerprint density at radius 1 is 1.35 bits per heavy atom. The van der Waals surface area contributed by atoms with Gasteiger partial charge >= 0.3 is 12.1 Å². The molecule has 1 saturated carbocycles.